The van der Waals surface area contributed by atoms with Crippen LogP contribution in [0, 0.1) is 0 Å². The molecule has 0 aliphatic carbocycles. The summed E-state index contributed by atoms with van der Waals surface area (Å²) in [5.74, 6) is -1.46. The Hall–Kier alpha value is -2.21. The number of amides is 2. The summed E-state index contributed by atoms with van der Waals surface area (Å²) in [4.78, 5) is 27.6. The number of hydrogen-bond acceptors (Lipinski definition) is 4. The van der Waals surface area contributed by atoms with Gasteiger partial charge in [0.1, 0.15) is 12.6 Å². The zero-order valence-electron chi connectivity index (χ0n) is 21.2. The molecule has 0 saturated heterocycles. The first-order valence-corrected chi connectivity index (χ1v) is 14.1. The second-order valence-corrected chi connectivity index (χ2v) is 12.7. The Morgan fingerprint density at radius 1 is 1.00 bits per heavy atom. The second-order valence-electron chi connectivity index (χ2n) is 9.57. The van der Waals surface area contributed by atoms with Crippen molar-refractivity contribution < 1.29 is 31.2 Å². The molecule has 0 heterocycles. The van der Waals surface area contributed by atoms with E-state index in [0.29, 0.717) is 22.0 Å². The Bertz CT molecular complexity index is 1290. The highest BCUT2D eigenvalue weighted by Gasteiger charge is 2.35. The van der Waals surface area contributed by atoms with Gasteiger partial charge in [-0.15, -0.1) is 0 Å². The predicted molar refractivity (Wildman–Crippen MR) is 143 cm³/mol. The van der Waals surface area contributed by atoms with E-state index >= 15 is 0 Å². The van der Waals surface area contributed by atoms with E-state index in [1.807, 2.05) is 0 Å². The molecular formula is C24H27Cl3F3N3O4S. The lowest BCUT2D eigenvalue weighted by molar-refractivity contribution is -0.140. The van der Waals surface area contributed by atoms with Gasteiger partial charge in [-0.3, -0.25) is 13.9 Å². The highest BCUT2D eigenvalue weighted by Crippen LogP contribution is 2.36. The lowest BCUT2D eigenvalue weighted by Crippen LogP contribution is -2.54. The van der Waals surface area contributed by atoms with Crippen LogP contribution < -0.4 is 9.62 Å². The number of hydrogen-bond donors (Lipinski definition) is 1. The molecule has 7 nitrogen and oxygen atoms in total. The summed E-state index contributed by atoms with van der Waals surface area (Å²) >= 11 is 18.6. The number of carbonyl (C=O) groups excluding carboxylic acids is 2. The Kier molecular flexibility index (Phi) is 10.0. The molecule has 38 heavy (non-hydrogen) atoms. The Balaban J connectivity index is 2.57. The topological polar surface area (TPSA) is 86.8 Å². The van der Waals surface area contributed by atoms with Crippen LogP contribution in [0.15, 0.2) is 36.4 Å². The van der Waals surface area contributed by atoms with E-state index in [1.54, 1.807) is 26.8 Å². The number of alkyl halides is 3. The number of rotatable bonds is 8. The molecule has 0 fully saturated rings. The first-order valence-electron chi connectivity index (χ1n) is 11.1. The van der Waals surface area contributed by atoms with Gasteiger partial charge < -0.3 is 10.2 Å². The molecule has 2 aromatic carbocycles. The van der Waals surface area contributed by atoms with Crippen LogP contribution in [0.1, 0.15) is 38.8 Å². The van der Waals surface area contributed by atoms with Crippen molar-refractivity contribution in [1.82, 2.24) is 10.2 Å². The molecule has 0 aliphatic heterocycles. The molecule has 210 valence electrons. The minimum atomic E-state index is -4.79. The van der Waals surface area contributed by atoms with E-state index in [1.165, 1.54) is 19.1 Å². The molecule has 0 spiro atoms. The Morgan fingerprint density at radius 2 is 1.55 bits per heavy atom. The maximum absolute atomic E-state index is 13.6. The van der Waals surface area contributed by atoms with Gasteiger partial charge in [0, 0.05) is 27.7 Å². The minimum absolute atomic E-state index is 0.194. The van der Waals surface area contributed by atoms with Crippen LogP contribution >= 0.6 is 34.8 Å². The Labute approximate surface area is 234 Å². The molecule has 2 amide bonds. The van der Waals surface area contributed by atoms with Gasteiger partial charge >= 0.3 is 6.18 Å². The predicted octanol–water partition coefficient (Wildman–Crippen LogP) is 5.76. The van der Waals surface area contributed by atoms with Crippen molar-refractivity contribution in [3.8, 4) is 0 Å². The van der Waals surface area contributed by atoms with Crippen LogP contribution in [0.25, 0.3) is 0 Å². The minimum Gasteiger partial charge on any atom is -0.350 e. The number of sulfonamides is 1. The highest BCUT2D eigenvalue weighted by molar-refractivity contribution is 7.92. The van der Waals surface area contributed by atoms with Gasteiger partial charge in [-0.25, -0.2) is 8.42 Å². The molecular weight excluding hydrogens is 590 g/mol. The van der Waals surface area contributed by atoms with Crippen molar-refractivity contribution in [3.05, 3.63) is 62.6 Å². The molecule has 2 rings (SSSR count). The molecule has 1 N–H and O–H groups in total. The average Bonchev–Trinajstić information content (AvgIpc) is 2.74. The summed E-state index contributed by atoms with van der Waals surface area (Å²) in [6.07, 6.45) is -4.07. The van der Waals surface area contributed by atoms with Crippen molar-refractivity contribution >= 4 is 62.3 Å². The van der Waals surface area contributed by atoms with Crippen LogP contribution in [-0.4, -0.2) is 49.5 Å². The van der Waals surface area contributed by atoms with Crippen molar-refractivity contribution in [1.29, 1.82) is 0 Å². The van der Waals surface area contributed by atoms with Crippen molar-refractivity contribution in [2.75, 3.05) is 17.1 Å². The van der Waals surface area contributed by atoms with E-state index in [2.05, 4.69) is 5.32 Å². The lowest BCUT2D eigenvalue weighted by Gasteiger charge is -2.33. The monoisotopic (exact) mass is 615 g/mol. The van der Waals surface area contributed by atoms with Gasteiger partial charge in [-0.05, 0) is 58.0 Å². The van der Waals surface area contributed by atoms with E-state index < -0.39 is 57.4 Å². The van der Waals surface area contributed by atoms with Crippen LogP contribution in [-0.2, 0) is 32.3 Å². The summed E-state index contributed by atoms with van der Waals surface area (Å²) in [5.41, 5.74) is -2.06. The van der Waals surface area contributed by atoms with Gasteiger partial charge in [-0.2, -0.15) is 13.2 Å². The summed E-state index contributed by atoms with van der Waals surface area (Å²) < 4.78 is 65.8. The molecule has 2 aromatic rings. The highest BCUT2D eigenvalue weighted by atomic mass is 35.5. The number of benzene rings is 2. The first-order chi connectivity index (χ1) is 17.2. The van der Waals surface area contributed by atoms with Gasteiger partial charge in [-0.1, -0.05) is 40.9 Å². The average molecular weight is 617 g/mol. The third kappa shape index (κ3) is 8.39. The molecule has 0 radical (unpaired) electrons. The number of nitrogens with zero attached hydrogens (tertiary/aromatic N) is 2. The molecule has 0 saturated carbocycles. The van der Waals surface area contributed by atoms with E-state index in [4.69, 9.17) is 34.8 Å². The molecule has 0 bridgehead atoms. The van der Waals surface area contributed by atoms with Crippen LogP contribution in [0.5, 0.6) is 0 Å². The summed E-state index contributed by atoms with van der Waals surface area (Å²) in [6, 6.07) is 5.61. The Morgan fingerprint density at radius 3 is 2.03 bits per heavy atom. The molecule has 0 unspecified atom stereocenters. The fourth-order valence-corrected chi connectivity index (χ4v) is 5.03. The van der Waals surface area contributed by atoms with Gasteiger partial charge in [0.15, 0.2) is 0 Å². The maximum atomic E-state index is 13.6. The van der Waals surface area contributed by atoms with Crippen molar-refractivity contribution in [3.63, 3.8) is 0 Å². The largest absolute Gasteiger partial charge is 0.416 e. The zero-order valence-corrected chi connectivity index (χ0v) is 24.2. The number of carbonyl (C=O) groups is 2. The van der Waals surface area contributed by atoms with E-state index in [0.717, 1.165) is 17.2 Å². The summed E-state index contributed by atoms with van der Waals surface area (Å²) in [5, 5.41) is 2.81. The number of nitrogens with one attached hydrogen (secondary N) is 1. The zero-order chi connectivity index (χ0) is 29.2. The maximum Gasteiger partial charge on any atom is 0.416 e. The van der Waals surface area contributed by atoms with Gasteiger partial charge in [0.05, 0.1) is 22.5 Å². The SMILES string of the molecule is C[C@@H](C(=O)NC(C)(C)C)N(Cc1c(Cl)cccc1Cl)C(=O)CN(c1cc(C(F)(F)F)ccc1Cl)S(C)(=O)=O. The van der Waals surface area contributed by atoms with Crippen molar-refractivity contribution in [2.24, 2.45) is 0 Å². The summed E-state index contributed by atoms with van der Waals surface area (Å²) in [7, 11) is -4.31. The van der Waals surface area contributed by atoms with Gasteiger partial charge in [0.25, 0.3) is 0 Å². The lowest BCUT2D eigenvalue weighted by atomic mass is 10.1. The van der Waals surface area contributed by atoms with Crippen LogP contribution in [0.2, 0.25) is 15.1 Å². The fraction of sp³-hybridized carbons (Fsp3) is 0.417. The van der Waals surface area contributed by atoms with Crippen LogP contribution in [0.4, 0.5) is 18.9 Å². The second kappa shape index (κ2) is 11.9. The molecule has 14 heteroatoms. The fourth-order valence-electron chi connectivity index (χ4n) is 3.39. The molecule has 0 aromatic heterocycles. The van der Waals surface area contributed by atoms with Gasteiger partial charge in [0.2, 0.25) is 21.8 Å². The standard InChI is InChI=1S/C24H27Cl3F3N3O4S/c1-14(22(35)31-23(2,3)4)32(12-16-17(25)7-6-8-18(16)26)21(34)13-33(38(5,36)37)20-11-15(24(28,29)30)9-10-19(20)27/h6-11,14H,12-13H2,1-5H3,(H,31,35)/t14-/m0/s1. The quantitative estimate of drug-likeness (QED) is 0.409. The normalized spacial score (nSPS) is 13.1. The van der Waals surface area contributed by atoms with E-state index in [-0.39, 0.29) is 21.6 Å². The van der Waals surface area contributed by atoms with Crippen molar-refractivity contribution in [2.45, 2.75) is 52.0 Å². The van der Waals surface area contributed by atoms with Crippen LogP contribution in [0.3, 0.4) is 0 Å². The smallest absolute Gasteiger partial charge is 0.350 e. The number of anilines is 1. The molecule has 1 atom stereocenters. The first kappa shape index (κ1) is 32.0. The molecule has 0 aliphatic rings. The van der Waals surface area contributed by atoms with E-state index in [9.17, 15) is 31.2 Å². The number of halogens is 6. The third-order valence-corrected chi connectivity index (χ3v) is 7.43. The summed E-state index contributed by atoms with van der Waals surface area (Å²) in [6.45, 7) is 5.38. The third-order valence-electron chi connectivity index (χ3n) is 5.28.